The normalized spacial score (nSPS) is 14.7. The monoisotopic (exact) mass is 211 g/mol. The van der Waals surface area contributed by atoms with E-state index in [0.717, 1.165) is 0 Å². The van der Waals surface area contributed by atoms with Gasteiger partial charge in [0, 0.05) is 25.9 Å². The maximum atomic E-state index is 11.6. The van der Waals surface area contributed by atoms with Gasteiger partial charge in [-0.05, 0) is 12.8 Å². The Balaban J connectivity index is 2.56. The average molecular weight is 211 g/mol. The highest BCUT2D eigenvalue weighted by Gasteiger charge is 2.16. The van der Waals surface area contributed by atoms with Gasteiger partial charge in [0.2, 0.25) is 0 Å². The molecule has 0 spiro atoms. The summed E-state index contributed by atoms with van der Waals surface area (Å²) in [4.78, 5) is 15.6. The zero-order chi connectivity index (χ0) is 11.4. The molecule has 2 N–H and O–H groups in total. The third-order valence-corrected chi connectivity index (χ3v) is 2.44. The first-order chi connectivity index (χ1) is 7.04. The van der Waals surface area contributed by atoms with E-state index in [9.17, 15) is 4.79 Å². The fourth-order valence-electron chi connectivity index (χ4n) is 1.11. The van der Waals surface area contributed by atoms with Gasteiger partial charge in [-0.25, -0.2) is 4.98 Å². The Hall–Kier alpha value is -1.36. The fraction of sp³-hybridized carbons (Fsp3) is 0.600. The summed E-state index contributed by atoms with van der Waals surface area (Å²) >= 11 is 0. The lowest BCUT2D eigenvalue weighted by molar-refractivity contribution is 0.0911. The molecule has 0 bridgehead atoms. The smallest absolute Gasteiger partial charge is 0.271 e. The minimum Gasteiger partial charge on any atom is -0.396 e. The van der Waals surface area contributed by atoms with E-state index in [-0.39, 0.29) is 24.5 Å². The molecular formula is C10H17N3O2. The molecular weight excluding hydrogens is 194 g/mol. The lowest BCUT2D eigenvalue weighted by Gasteiger charge is -2.18. The number of nitrogens with one attached hydrogen (secondary N) is 1. The van der Waals surface area contributed by atoms with Gasteiger partial charge >= 0.3 is 0 Å². The van der Waals surface area contributed by atoms with E-state index >= 15 is 0 Å². The number of carbonyl (C=O) groups is 1. The van der Waals surface area contributed by atoms with Crippen LogP contribution in [0.4, 0.5) is 0 Å². The highest BCUT2D eigenvalue weighted by molar-refractivity contribution is 5.92. The van der Waals surface area contributed by atoms with Gasteiger partial charge in [-0.15, -0.1) is 0 Å². The number of aliphatic hydroxyl groups is 1. The summed E-state index contributed by atoms with van der Waals surface area (Å²) in [5.74, 6) is -0.166. The molecule has 0 fully saturated rings. The zero-order valence-electron chi connectivity index (χ0n) is 9.27. The molecule has 1 heterocycles. The SMILES string of the molecule is CC(CO)C(C)NC(=O)c1cn(C)cn1. The second-order valence-corrected chi connectivity index (χ2v) is 3.85. The number of aryl methyl sites for hydroxylation is 1. The van der Waals surface area contributed by atoms with Gasteiger partial charge < -0.3 is 15.0 Å². The minimum absolute atomic E-state index is 0.0395. The first-order valence-corrected chi connectivity index (χ1v) is 4.94. The summed E-state index contributed by atoms with van der Waals surface area (Å²) in [6.07, 6.45) is 3.24. The number of hydrogen-bond donors (Lipinski definition) is 2. The molecule has 0 saturated carbocycles. The van der Waals surface area contributed by atoms with Crippen molar-refractivity contribution in [2.75, 3.05) is 6.61 Å². The molecule has 0 radical (unpaired) electrons. The summed E-state index contributed by atoms with van der Waals surface area (Å²) in [5.41, 5.74) is 0.398. The van der Waals surface area contributed by atoms with Crippen LogP contribution in [0.25, 0.3) is 0 Å². The summed E-state index contributed by atoms with van der Waals surface area (Å²) < 4.78 is 1.72. The van der Waals surface area contributed by atoms with Crippen molar-refractivity contribution in [3.8, 4) is 0 Å². The lowest BCUT2D eigenvalue weighted by atomic mass is 10.1. The third-order valence-electron chi connectivity index (χ3n) is 2.44. The topological polar surface area (TPSA) is 67.2 Å². The summed E-state index contributed by atoms with van der Waals surface area (Å²) in [6.45, 7) is 3.80. The van der Waals surface area contributed by atoms with Crippen LogP contribution in [0, 0.1) is 5.92 Å². The molecule has 1 rings (SSSR count). The second-order valence-electron chi connectivity index (χ2n) is 3.85. The van der Waals surface area contributed by atoms with E-state index in [2.05, 4.69) is 10.3 Å². The number of aliphatic hydroxyl groups excluding tert-OH is 1. The van der Waals surface area contributed by atoms with Crippen molar-refractivity contribution in [3.05, 3.63) is 18.2 Å². The summed E-state index contributed by atoms with van der Waals surface area (Å²) in [7, 11) is 1.81. The van der Waals surface area contributed by atoms with Crippen molar-refractivity contribution in [2.45, 2.75) is 19.9 Å². The van der Waals surface area contributed by atoms with Crippen LogP contribution in [0.3, 0.4) is 0 Å². The van der Waals surface area contributed by atoms with E-state index in [1.165, 1.54) is 0 Å². The highest BCUT2D eigenvalue weighted by atomic mass is 16.3. The summed E-state index contributed by atoms with van der Waals surface area (Å²) in [6, 6.07) is -0.0653. The van der Waals surface area contributed by atoms with Crippen LogP contribution >= 0.6 is 0 Å². The molecule has 84 valence electrons. The first-order valence-electron chi connectivity index (χ1n) is 4.94. The molecule has 2 atom stereocenters. The van der Waals surface area contributed by atoms with Crippen LogP contribution < -0.4 is 5.32 Å². The molecule has 0 saturated heterocycles. The van der Waals surface area contributed by atoms with Crippen LogP contribution in [0.15, 0.2) is 12.5 Å². The number of aromatic nitrogens is 2. The Kier molecular flexibility index (Phi) is 3.85. The predicted octanol–water partition coefficient (Wildman–Crippen LogP) is 0.167. The van der Waals surface area contributed by atoms with Crippen molar-refractivity contribution >= 4 is 5.91 Å². The second kappa shape index (κ2) is 4.93. The predicted molar refractivity (Wildman–Crippen MR) is 56.4 cm³/mol. The van der Waals surface area contributed by atoms with Gasteiger partial charge in [0.25, 0.3) is 5.91 Å². The van der Waals surface area contributed by atoms with Crippen molar-refractivity contribution < 1.29 is 9.90 Å². The molecule has 5 nitrogen and oxygen atoms in total. The zero-order valence-corrected chi connectivity index (χ0v) is 9.27. The van der Waals surface area contributed by atoms with E-state index in [1.54, 1.807) is 17.1 Å². The lowest BCUT2D eigenvalue weighted by Crippen LogP contribution is -2.38. The largest absolute Gasteiger partial charge is 0.396 e. The molecule has 0 aliphatic rings. The number of amides is 1. The van der Waals surface area contributed by atoms with Crippen molar-refractivity contribution in [3.63, 3.8) is 0 Å². The van der Waals surface area contributed by atoms with Crippen LogP contribution in [-0.2, 0) is 7.05 Å². The molecule has 2 unspecified atom stereocenters. The van der Waals surface area contributed by atoms with Crippen molar-refractivity contribution in [1.29, 1.82) is 0 Å². The Morgan fingerprint density at radius 3 is 2.80 bits per heavy atom. The molecule has 1 aromatic rings. The van der Waals surface area contributed by atoms with Gasteiger partial charge in [-0.1, -0.05) is 6.92 Å². The number of carbonyl (C=O) groups excluding carboxylic acids is 1. The Morgan fingerprint density at radius 2 is 2.33 bits per heavy atom. The van der Waals surface area contributed by atoms with Gasteiger partial charge in [-0.3, -0.25) is 4.79 Å². The van der Waals surface area contributed by atoms with E-state index in [4.69, 9.17) is 5.11 Å². The average Bonchev–Trinajstić information content (AvgIpc) is 2.63. The van der Waals surface area contributed by atoms with Crippen molar-refractivity contribution in [1.82, 2.24) is 14.9 Å². The van der Waals surface area contributed by atoms with Gasteiger partial charge in [0.05, 0.1) is 6.33 Å². The Labute approximate surface area is 89.1 Å². The number of nitrogens with zero attached hydrogens (tertiary/aromatic N) is 2. The van der Waals surface area contributed by atoms with Gasteiger partial charge in [0.15, 0.2) is 0 Å². The fourth-order valence-corrected chi connectivity index (χ4v) is 1.11. The summed E-state index contributed by atoms with van der Waals surface area (Å²) in [5, 5.41) is 11.7. The molecule has 1 amide bonds. The maximum Gasteiger partial charge on any atom is 0.271 e. The number of hydrogen-bond acceptors (Lipinski definition) is 3. The highest BCUT2D eigenvalue weighted by Crippen LogP contribution is 2.02. The molecule has 1 aromatic heterocycles. The van der Waals surface area contributed by atoms with E-state index in [0.29, 0.717) is 5.69 Å². The number of imidazole rings is 1. The molecule has 15 heavy (non-hydrogen) atoms. The molecule has 0 aliphatic heterocycles. The Morgan fingerprint density at radius 1 is 1.67 bits per heavy atom. The van der Waals surface area contributed by atoms with Gasteiger partial charge in [-0.2, -0.15) is 0 Å². The Bertz CT molecular complexity index is 335. The van der Waals surface area contributed by atoms with Crippen LogP contribution in [0.1, 0.15) is 24.3 Å². The third kappa shape index (κ3) is 3.06. The minimum atomic E-state index is -0.205. The van der Waals surface area contributed by atoms with Crippen LogP contribution in [0.5, 0.6) is 0 Å². The molecule has 5 heteroatoms. The van der Waals surface area contributed by atoms with Crippen LogP contribution in [-0.4, -0.2) is 33.2 Å². The maximum absolute atomic E-state index is 11.6. The molecule has 0 aliphatic carbocycles. The molecule has 0 aromatic carbocycles. The quantitative estimate of drug-likeness (QED) is 0.746. The number of rotatable bonds is 4. The van der Waals surface area contributed by atoms with Crippen LogP contribution in [0.2, 0.25) is 0 Å². The van der Waals surface area contributed by atoms with Gasteiger partial charge in [0.1, 0.15) is 5.69 Å². The standard InChI is InChI=1S/C10H17N3O2/c1-7(5-14)8(2)12-10(15)9-4-13(3)6-11-9/h4,6-8,14H,5H2,1-3H3,(H,12,15). The van der Waals surface area contributed by atoms with Crippen molar-refractivity contribution in [2.24, 2.45) is 13.0 Å². The van der Waals surface area contributed by atoms with E-state index < -0.39 is 0 Å². The first kappa shape index (κ1) is 11.7. The van der Waals surface area contributed by atoms with E-state index in [1.807, 2.05) is 20.9 Å².